The first-order chi connectivity index (χ1) is 9.60. The van der Waals surface area contributed by atoms with Crippen LogP contribution in [-0.2, 0) is 6.54 Å². The van der Waals surface area contributed by atoms with Crippen LogP contribution >= 0.6 is 27.3 Å². The minimum absolute atomic E-state index is 0.137. The summed E-state index contributed by atoms with van der Waals surface area (Å²) in [5.74, 6) is 0.582. The fourth-order valence-electron chi connectivity index (χ4n) is 1.50. The largest absolute Gasteiger partial charge is 0.359 e. The van der Waals surface area contributed by atoms with Crippen LogP contribution in [0, 0.1) is 10.1 Å². The number of nitro groups is 1. The zero-order valence-electron chi connectivity index (χ0n) is 10.6. The molecule has 2 heterocycles. The minimum Gasteiger partial charge on any atom is -0.359 e. The molecule has 7 nitrogen and oxygen atoms in total. The molecule has 20 heavy (non-hydrogen) atoms. The summed E-state index contributed by atoms with van der Waals surface area (Å²) >= 11 is 4.94. The van der Waals surface area contributed by atoms with Crippen LogP contribution in [0.25, 0.3) is 0 Å². The molecule has 0 saturated carbocycles. The van der Waals surface area contributed by atoms with Crippen LogP contribution in [0.3, 0.4) is 0 Å². The maximum atomic E-state index is 11.0. The maximum Gasteiger partial charge on any atom is 0.329 e. The summed E-state index contributed by atoms with van der Waals surface area (Å²) in [5, 5.41) is 16.9. The Kier molecular flexibility index (Phi) is 4.85. The molecule has 0 aliphatic carbocycles. The molecule has 0 spiro atoms. The van der Waals surface area contributed by atoms with Crippen molar-refractivity contribution in [1.29, 1.82) is 0 Å². The molecule has 0 amide bonds. The van der Waals surface area contributed by atoms with E-state index in [1.165, 1.54) is 6.20 Å². The third kappa shape index (κ3) is 3.64. The van der Waals surface area contributed by atoms with Gasteiger partial charge in [-0.15, -0.1) is 11.3 Å². The highest BCUT2D eigenvalue weighted by molar-refractivity contribution is 9.11. The van der Waals surface area contributed by atoms with Crippen LogP contribution in [0.4, 0.5) is 17.5 Å². The first kappa shape index (κ1) is 14.7. The van der Waals surface area contributed by atoms with Gasteiger partial charge in [-0.1, -0.05) is 0 Å². The number of thiophene rings is 1. The summed E-state index contributed by atoms with van der Waals surface area (Å²) < 4.78 is 1.01. The highest BCUT2D eigenvalue weighted by Crippen LogP contribution is 2.25. The van der Waals surface area contributed by atoms with Gasteiger partial charge in [-0.2, -0.15) is 4.98 Å². The summed E-state index contributed by atoms with van der Waals surface area (Å²) in [6.07, 6.45) is 1.21. The molecule has 0 fully saturated rings. The molecule has 0 radical (unpaired) electrons. The second-order valence-electron chi connectivity index (χ2n) is 3.77. The van der Waals surface area contributed by atoms with Crippen molar-refractivity contribution in [3.63, 3.8) is 0 Å². The number of anilines is 2. The van der Waals surface area contributed by atoms with Crippen molar-refractivity contribution in [2.75, 3.05) is 17.2 Å². The molecule has 0 atom stereocenters. The molecule has 106 valence electrons. The fourth-order valence-corrected chi connectivity index (χ4v) is 2.92. The van der Waals surface area contributed by atoms with Crippen LogP contribution in [0.5, 0.6) is 0 Å². The third-order valence-corrected chi connectivity index (χ3v) is 3.98. The van der Waals surface area contributed by atoms with Gasteiger partial charge in [0.2, 0.25) is 11.8 Å². The Bertz CT molecular complexity index is 619. The number of rotatable bonds is 6. The fraction of sp³-hybridized carbons (Fsp3) is 0.273. The maximum absolute atomic E-state index is 11.0. The molecule has 2 N–H and O–H groups in total. The van der Waals surface area contributed by atoms with Crippen LogP contribution < -0.4 is 10.6 Å². The van der Waals surface area contributed by atoms with Crippen molar-refractivity contribution in [1.82, 2.24) is 9.97 Å². The Morgan fingerprint density at radius 1 is 1.45 bits per heavy atom. The monoisotopic (exact) mass is 357 g/mol. The molecule has 0 aromatic carbocycles. The predicted molar refractivity (Wildman–Crippen MR) is 82.2 cm³/mol. The lowest BCUT2D eigenvalue weighted by Crippen LogP contribution is -2.08. The predicted octanol–water partition coefficient (Wildman–Crippen LogP) is 3.25. The SMILES string of the molecule is CCNc1ncc([N+](=O)[O-])c(NCc2ccc(Br)s2)n1. The van der Waals surface area contributed by atoms with Gasteiger partial charge in [-0.25, -0.2) is 4.98 Å². The molecule has 0 aliphatic heterocycles. The second-order valence-corrected chi connectivity index (χ2v) is 6.32. The van der Waals surface area contributed by atoms with Gasteiger partial charge < -0.3 is 10.6 Å². The summed E-state index contributed by atoms with van der Waals surface area (Å²) in [5.41, 5.74) is -0.137. The van der Waals surface area contributed by atoms with Crippen LogP contribution in [0.2, 0.25) is 0 Å². The van der Waals surface area contributed by atoms with Gasteiger partial charge in [0.05, 0.1) is 15.3 Å². The number of nitrogens with zero attached hydrogens (tertiary/aromatic N) is 3. The van der Waals surface area contributed by atoms with Gasteiger partial charge in [0, 0.05) is 11.4 Å². The van der Waals surface area contributed by atoms with Crippen LogP contribution in [0.1, 0.15) is 11.8 Å². The van der Waals surface area contributed by atoms with E-state index in [4.69, 9.17) is 0 Å². The molecule has 2 aromatic rings. The van der Waals surface area contributed by atoms with Gasteiger partial charge in [0.1, 0.15) is 6.20 Å². The highest BCUT2D eigenvalue weighted by atomic mass is 79.9. The molecular formula is C11H12BrN5O2S. The number of hydrogen-bond acceptors (Lipinski definition) is 7. The van der Waals surface area contributed by atoms with E-state index in [1.807, 2.05) is 19.1 Å². The average molecular weight is 358 g/mol. The van der Waals surface area contributed by atoms with E-state index in [-0.39, 0.29) is 11.5 Å². The van der Waals surface area contributed by atoms with Gasteiger partial charge in [0.15, 0.2) is 0 Å². The molecule has 2 aromatic heterocycles. The van der Waals surface area contributed by atoms with Crippen molar-refractivity contribution in [3.8, 4) is 0 Å². The zero-order valence-corrected chi connectivity index (χ0v) is 13.0. The smallest absolute Gasteiger partial charge is 0.329 e. The molecular weight excluding hydrogens is 346 g/mol. The van der Waals surface area contributed by atoms with Gasteiger partial charge in [-0.05, 0) is 35.0 Å². The normalized spacial score (nSPS) is 10.3. The highest BCUT2D eigenvalue weighted by Gasteiger charge is 2.17. The Morgan fingerprint density at radius 3 is 2.85 bits per heavy atom. The van der Waals surface area contributed by atoms with Crippen molar-refractivity contribution in [2.24, 2.45) is 0 Å². The quantitative estimate of drug-likeness (QED) is 0.608. The molecule has 0 bridgehead atoms. The molecule has 2 rings (SSSR count). The third-order valence-electron chi connectivity index (χ3n) is 2.36. The number of aromatic nitrogens is 2. The Hall–Kier alpha value is -1.74. The molecule has 9 heteroatoms. The van der Waals surface area contributed by atoms with Gasteiger partial charge >= 0.3 is 5.69 Å². The lowest BCUT2D eigenvalue weighted by Gasteiger charge is -2.07. The van der Waals surface area contributed by atoms with E-state index in [0.29, 0.717) is 19.0 Å². The van der Waals surface area contributed by atoms with Gasteiger partial charge in [0.25, 0.3) is 0 Å². The Labute approximate surface area is 127 Å². The lowest BCUT2D eigenvalue weighted by molar-refractivity contribution is -0.384. The van der Waals surface area contributed by atoms with E-state index >= 15 is 0 Å². The number of nitrogens with one attached hydrogen (secondary N) is 2. The molecule has 0 unspecified atom stereocenters. The van der Waals surface area contributed by atoms with Crippen molar-refractivity contribution < 1.29 is 4.92 Å². The van der Waals surface area contributed by atoms with Crippen molar-refractivity contribution >= 4 is 44.7 Å². The van der Waals surface area contributed by atoms with Crippen molar-refractivity contribution in [3.05, 3.63) is 37.1 Å². The average Bonchev–Trinajstić information content (AvgIpc) is 2.82. The minimum atomic E-state index is -0.498. The summed E-state index contributed by atoms with van der Waals surface area (Å²) in [4.78, 5) is 19.5. The number of hydrogen-bond donors (Lipinski definition) is 2. The van der Waals surface area contributed by atoms with Crippen LogP contribution in [0.15, 0.2) is 22.1 Å². The van der Waals surface area contributed by atoms with E-state index in [2.05, 4.69) is 36.5 Å². The lowest BCUT2D eigenvalue weighted by atomic mass is 10.4. The van der Waals surface area contributed by atoms with E-state index in [1.54, 1.807) is 11.3 Å². The van der Waals surface area contributed by atoms with E-state index in [0.717, 1.165) is 8.66 Å². The molecule has 0 aliphatic rings. The Morgan fingerprint density at radius 2 is 2.25 bits per heavy atom. The van der Waals surface area contributed by atoms with Crippen molar-refractivity contribution in [2.45, 2.75) is 13.5 Å². The van der Waals surface area contributed by atoms with Crippen LogP contribution in [-0.4, -0.2) is 21.4 Å². The second kappa shape index (κ2) is 6.62. The summed E-state index contributed by atoms with van der Waals surface area (Å²) in [7, 11) is 0. The molecule has 0 saturated heterocycles. The summed E-state index contributed by atoms with van der Waals surface area (Å²) in [6.45, 7) is 3.02. The first-order valence-electron chi connectivity index (χ1n) is 5.83. The standard InChI is InChI=1S/C11H12BrN5O2S/c1-2-13-11-15-6-8(17(18)19)10(16-11)14-5-7-3-4-9(12)20-7/h3-4,6H,2,5H2,1H3,(H2,13,14,15,16). The van der Waals surface area contributed by atoms with E-state index in [9.17, 15) is 10.1 Å². The van der Waals surface area contributed by atoms with Gasteiger partial charge in [-0.3, -0.25) is 10.1 Å². The summed E-state index contributed by atoms with van der Waals surface area (Å²) in [6, 6.07) is 3.88. The first-order valence-corrected chi connectivity index (χ1v) is 7.44. The topological polar surface area (TPSA) is 93.0 Å². The Balaban J connectivity index is 2.18. The zero-order chi connectivity index (χ0) is 14.5. The number of halogens is 1. The van der Waals surface area contributed by atoms with E-state index < -0.39 is 4.92 Å².